The number of carboxylic acids is 1. The van der Waals surface area contributed by atoms with Gasteiger partial charge in [-0.2, -0.15) is 11.3 Å². The Bertz CT molecular complexity index is 380. The first-order valence-electron chi connectivity index (χ1n) is 4.91. The molecule has 3 N–H and O–H groups in total. The molecule has 0 aromatic carbocycles. The number of rotatable bonds is 5. The van der Waals surface area contributed by atoms with Gasteiger partial charge in [-0.1, -0.05) is 0 Å². The van der Waals surface area contributed by atoms with Gasteiger partial charge in [-0.25, -0.2) is 9.59 Å². The molecule has 1 rings (SSSR count). The lowest BCUT2D eigenvalue weighted by Gasteiger charge is -2.17. The van der Waals surface area contributed by atoms with Crippen LogP contribution in [0.2, 0.25) is 0 Å². The molecular formula is C10H14N2O4S. The van der Waals surface area contributed by atoms with Crippen molar-refractivity contribution in [1.82, 2.24) is 10.2 Å². The summed E-state index contributed by atoms with van der Waals surface area (Å²) in [5.41, 5.74) is 1.01. The van der Waals surface area contributed by atoms with Crippen LogP contribution >= 0.6 is 11.3 Å². The van der Waals surface area contributed by atoms with E-state index in [0.717, 1.165) is 5.56 Å². The minimum Gasteiger partial charge on any atom is -0.479 e. The largest absolute Gasteiger partial charge is 0.479 e. The van der Waals surface area contributed by atoms with Gasteiger partial charge in [0.2, 0.25) is 0 Å². The number of thiophene rings is 1. The highest BCUT2D eigenvalue weighted by Crippen LogP contribution is 2.08. The van der Waals surface area contributed by atoms with E-state index in [0.29, 0.717) is 6.54 Å². The first-order valence-corrected chi connectivity index (χ1v) is 5.86. The zero-order valence-electron chi connectivity index (χ0n) is 9.29. The summed E-state index contributed by atoms with van der Waals surface area (Å²) in [5, 5.41) is 23.6. The van der Waals surface area contributed by atoms with Crippen molar-refractivity contribution in [2.24, 2.45) is 0 Å². The van der Waals surface area contributed by atoms with Gasteiger partial charge < -0.3 is 20.4 Å². The van der Waals surface area contributed by atoms with Crippen LogP contribution < -0.4 is 5.32 Å². The molecule has 0 spiro atoms. The topological polar surface area (TPSA) is 89.9 Å². The maximum Gasteiger partial charge on any atom is 0.334 e. The summed E-state index contributed by atoms with van der Waals surface area (Å²) in [6, 6.07) is 1.48. The highest BCUT2D eigenvalue weighted by atomic mass is 32.1. The second kappa shape index (κ2) is 6.21. The second-order valence-corrected chi connectivity index (χ2v) is 4.31. The Morgan fingerprint density at radius 3 is 2.82 bits per heavy atom. The van der Waals surface area contributed by atoms with Gasteiger partial charge in [-0.3, -0.25) is 0 Å². The highest BCUT2D eigenvalue weighted by Gasteiger charge is 2.15. The Morgan fingerprint density at radius 1 is 1.59 bits per heavy atom. The van der Waals surface area contributed by atoms with Gasteiger partial charge in [0.05, 0.1) is 6.54 Å². The van der Waals surface area contributed by atoms with Crippen LogP contribution in [0.3, 0.4) is 0 Å². The van der Waals surface area contributed by atoms with E-state index >= 15 is 0 Å². The molecule has 17 heavy (non-hydrogen) atoms. The number of amides is 2. The summed E-state index contributed by atoms with van der Waals surface area (Å²) in [4.78, 5) is 23.2. The maximum absolute atomic E-state index is 11.5. The van der Waals surface area contributed by atoms with Gasteiger partial charge in [-0.15, -0.1) is 0 Å². The van der Waals surface area contributed by atoms with Crippen LogP contribution in [0.4, 0.5) is 4.79 Å². The van der Waals surface area contributed by atoms with Crippen LogP contribution in [0.1, 0.15) is 5.56 Å². The van der Waals surface area contributed by atoms with Crippen LogP contribution in [0.15, 0.2) is 16.8 Å². The number of hydrogen-bond acceptors (Lipinski definition) is 4. The number of carbonyl (C=O) groups excluding carboxylic acids is 1. The number of carboxylic acid groups (broad SMARTS) is 1. The lowest BCUT2D eigenvalue weighted by Crippen LogP contribution is -2.42. The van der Waals surface area contributed by atoms with E-state index in [-0.39, 0.29) is 6.54 Å². The van der Waals surface area contributed by atoms with Gasteiger partial charge in [0.1, 0.15) is 0 Å². The van der Waals surface area contributed by atoms with Crippen LogP contribution in [0, 0.1) is 0 Å². The van der Waals surface area contributed by atoms with E-state index in [1.54, 1.807) is 7.05 Å². The van der Waals surface area contributed by atoms with E-state index in [1.165, 1.54) is 16.2 Å². The molecule has 0 radical (unpaired) electrons. The summed E-state index contributed by atoms with van der Waals surface area (Å²) in [5.74, 6) is -1.36. The van der Waals surface area contributed by atoms with Gasteiger partial charge in [-0.05, 0) is 22.4 Å². The summed E-state index contributed by atoms with van der Waals surface area (Å²) in [6.45, 7) is 0.140. The molecule has 1 aromatic rings. The molecule has 0 aliphatic heterocycles. The van der Waals surface area contributed by atoms with E-state index in [9.17, 15) is 9.59 Å². The molecule has 94 valence electrons. The summed E-state index contributed by atoms with van der Waals surface area (Å²) >= 11 is 1.54. The molecule has 1 atom stereocenters. The van der Waals surface area contributed by atoms with Gasteiger partial charge >= 0.3 is 12.0 Å². The number of urea groups is 1. The number of aliphatic hydroxyl groups is 1. The molecule has 2 amide bonds. The van der Waals surface area contributed by atoms with Crippen molar-refractivity contribution in [3.63, 3.8) is 0 Å². The fourth-order valence-electron chi connectivity index (χ4n) is 1.13. The predicted molar refractivity (Wildman–Crippen MR) is 62.8 cm³/mol. The Kier molecular flexibility index (Phi) is 4.92. The van der Waals surface area contributed by atoms with Crippen molar-refractivity contribution in [3.05, 3.63) is 22.4 Å². The van der Waals surface area contributed by atoms with E-state index in [1.807, 2.05) is 16.8 Å². The van der Waals surface area contributed by atoms with E-state index < -0.39 is 18.1 Å². The van der Waals surface area contributed by atoms with Crippen molar-refractivity contribution >= 4 is 23.3 Å². The molecule has 0 aliphatic rings. The lowest BCUT2D eigenvalue weighted by molar-refractivity contribution is -0.146. The molecule has 0 aliphatic carbocycles. The van der Waals surface area contributed by atoms with Crippen molar-refractivity contribution < 1.29 is 19.8 Å². The number of hydrogen-bond donors (Lipinski definition) is 3. The average molecular weight is 258 g/mol. The predicted octanol–water partition coefficient (Wildman–Crippen LogP) is 0.335. The Balaban J connectivity index is 2.34. The average Bonchev–Trinajstić information content (AvgIpc) is 2.77. The zero-order valence-corrected chi connectivity index (χ0v) is 10.1. The molecule has 0 fully saturated rings. The number of aliphatic hydroxyl groups excluding tert-OH is 1. The van der Waals surface area contributed by atoms with E-state index in [4.69, 9.17) is 10.2 Å². The molecule has 7 heteroatoms. The summed E-state index contributed by atoms with van der Waals surface area (Å²) < 4.78 is 0. The van der Waals surface area contributed by atoms with Crippen molar-refractivity contribution in [3.8, 4) is 0 Å². The first kappa shape index (κ1) is 13.5. The lowest BCUT2D eigenvalue weighted by atomic mass is 10.3. The molecule has 1 heterocycles. The van der Waals surface area contributed by atoms with Gasteiger partial charge in [0.25, 0.3) is 0 Å². The van der Waals surface area contributed by atoms with Crippen molar-refractivity contribution in [2.75, 3.05) is 13.6 Å². The Labute approximate surface area is 102 Å². The molecule has 0 saturated carbocycles. The molecule has 6 nitrogen and oxygen atoms in total. The Morgan fingerprint density at radius 2 is 2.29 bits per heavy atom. The monoisotopic (exact) mass is 258 g/mol. The minimum absolute atomic E-state index is 0.303. The standard InChI is InChI=1S/C10H14N2O4S/c1-12(5-7-2-3-17-6-7)10(16)11-4-8(13)9(14)15/h2-3,6,8,13H,4-5H2,1H3,(H,11,16)(H,14,15)/t8-/m0/s1. The van der Waals surface area contributed by atoms with Gasteiger partial charge in [0, 0.05) is 13.6 Å². The number of nitrogens with zero attached hydrogens (tertiary/aromatic N) is 1. The SMILES string of the molecule is CN(Cc1ccsc1)C(=O)NC[C@H](O)C(=O)O. The molecular weight excluding hydrogens is 244 g/mol. The van der Waals surface area contributed by atoms with Crippen molar-refractivity contribution in [1.29, 1.82) is 0 Å². The molecule has 1 aromatic heterocycles. The number of aliphatic carboxylic acids is 1. The quantitative estimate of drug-likeness (QED) is 0.710. The van der Waals surface area contributed by atoms with Crippen molar-refractivity contribution in [2.45, 2.75) is 12.6 Å². The third kappa shape index (κ3) is 4.41. The highest BCUT2D eigenvalue weighted by molar-refractivity contribution is 7.07. The summed E-state index contributed by atoms with van der Waals surface area (Å²) in [7, 11) is 1.60. The first-order chi connectivity index (χ1) is 8.00. The zero-order chi connectivity index (χ0) is 12.8. The van der Waals surface area contributed by atoms with E-state index in [2.05, 4.69) is 5.32 Å². The Hall–Kier alpha value is -1.60. The van der Waals surface area contributed by atoms with Crippen LogP contribution in [0.5, 0.6) is 0 Å². The normalized spacial score (nSPS) is 11.9. The third-order valence-corrected chi connectivity index (χ3v) is 2.81. The second-order valence-electron chi connectivity index (χ2n) is 3.53. The van der Waals surface area contributed by atoms with Crippen LogP contribution in [-0.4, -0.2) is 46.8 Å². The molecule has 0 bridgehead atoms. The molecule has 0 unspecified atom stereocenters. The van der Waals surface area contributed by atoms with Crippen LogP contribution in [0.25, 0.3) is 0 Å². The third-order valence-electron chi connectivity index (χ3n) is 2.08. The minimum atomic E-state index is -1.58. The summed E-state index contributed by atoms with van der Waals surface area (Å²) in [6.07, 6.45) is -1.58. The smallest absolute Gasteiger partial charge is 0.334 e. The van der Waals surface area contributed by atoms with Gasteiger partial charge in [0.15, 0.2) is 6.10 Å². The fraction of sp³-hybridized carbons (Fsp3) is 0.400. The molecule has 0 saturated heterocycles. The number of nitrogens with one attached hydrogen (secondary N) is 1. The number of carbonyl (C=O) groups is 2. The van der Waals surface area contributed by atoms with Crippen LogP contribution in [-0.2, 0) is 11.3 Å². The fourth-order valence-corrected chi connectivity index (χ4v) is 1.79. The maximum atomic E-state index is 11.5.